The van der Waals surface area contributed by atoms with Crippen LogP contribution in [0.4, 0.5) is 0 Å². The Hall–Kier alpha value is -0.880. The molecular weight excluding hydrogens is 280 g/mol. The van der Waals surface area contributed by atoms with Crippen molar-refractivity contribution in [2.75, 3.05) is 12.0 Å². The van der Waals surface area contributed by atoms with E-state index in [1.165, 1.54) is 11.3 Å². The average molecular weight is 300 g/mol. The van der Waals surface area contributed by atoms with Gasteiger partial charge in [-0.2, -0.15) is 11.8 Å². The van der Waals surface area contributed by atoms with Gasteiger partial charge in [0.05, 0.1) is 6.21 Å². The van der Waals surface area contributed by atoms with Crippen molar-refractivity contribution in [1.82, 2.24) is 4.98 Å². The summed E-state index contributed by atoms with van der Waals surface area (Å²) >= 11 is 3.19. The second-order valence-electron chi connectivity index (χ2n) is 4.98. The summed E-state index contributed by atoms with van der Waals surface area (Å²) in [6, 6.07) is -0.449. The van der Waals surface area contributed by atoms with Gasteiger partial charge in [-0.1, -0.05) is 0 Å². The van der Waals surface area contributed by atoms with E-state index in [0.717, 1.165) is 10.8 Å². The number of rotatable bonds is 6. The van der Waals surface area contributed by atoms with Gasteiger partial charge in [0, 0.05) is 11.6 Å². The van der Waals surface area contributed by atoms with Crippen molar-refractivity contribution >= 4 is 35.3 Å². The molecule has 1 aromatic heterocycles. The average Bonchev–Trinajstić information content (AvgIpc) is 2.79. The highest BCUT2D eigenvalue weighted by molar-refractivity contribution is 7.98. The van der Waals surface area contributed by atoms with E-state index in [1.807, 2.05) is 32.4 Å². The smallest absolute Gasteiger partial charge is 0.331 e. The third kappa shape index (κ3) is 6.73. The second-order valence-corrected chi connectivity index (χ2v) is 6.89. The Labute approximate surface area is 122 Å². The van der Waals surface area contributed by atoms with Gasteiger partial charge in [0.25, 0.3) is 0 Å². The van der Waals surface area contributed by atoms with E-state index in [-0.39, 0.29) is 5.97 Å². The van der Waals surface area contributed by atoms with Gasteiger partial charge in [0.1, 0.15) is 16.7 Å². The lowest BCUT2D eigenvalue weighted by Crippen LogP contribution is -2.31. The van der Waals surface area contributed by atoms with Gasteiger partial charge in [0.2, 0.25) is 0 Å². The Bertz CT molecular complexity index is 411. The summed E-state index contributed by atoms with van der Waals surface area (Å²) in [5.74, 6) is 0.605. The molecule has 0 N–H and O–H groups in total. The highest BCUT2D eigenvalue weighted by Gasteiger charge is 2.23. The highest BCUT2D eigenvalue weighted by atomic mass is 32.2. The molecule has 0 saturated carbocycles. The van der Waals surface area contributed by atoms with Gasteiger partial charge in [-0.25, -0.2) is 9.78 Å². The molecule has 4 nitrogen and oxygen atoms in total. The van der Waals surface area contributed by atoms with Crippen LogP contribution in [0.25, 0.3) is 0 Å². The minimum Gasteiger partial charge on any atom is -0.458 e. The number of thiazole rings is 1. The van der Waals surface area contributed by atoms with Gasteiger partial charge >= 0.3 is 5.97 Å². The molecule has 106 valence electrons. The van der Waals surface area contributed by atoms with Gasteiger partial charge < -0.3 is 4.74 Å². The number of aliphatic imine (C=N–C) groups is 1. The van der Waals surface area contributed by atoms with Crippen LogP contribution in [0, 0.1) is 0 Å². The lowest BCUT2D eigenvalue weighted by atomic mass is 10.2. The van der Waals surface area contributed by atoms with Gasteiger partial charge in [-0.15, -0.1) is 11.3 Å². The number of carbonyl (C=O) groups is 1. The summed E-state index contributed by atoms with van der Waals surface area (Å²) in [6.07, 6.45) is 6.06. The number of hydrogen-bond donors (Lipinski definition) is 0. The Morgan fingerprint density at radius 2 is 2.37 bits per heavy atom. The third-order valence-corrected chi connectivity index (χ3v) is 3.44. The Morgan fingerprint density at radius 3 is 2.89 bits per heavy atom. The molecule has 0 fully saturated rings. The quantitative estimate of drug-likeness (QED) is 0.598. The fraction of sp³-hybridized carbons (Fsp3) is 0.615. The van der Waals surface area contributed by atoms with Crippen LogP contribution in [-0.2, 0) is 9.53 Å². The molecule has 1 aromatic rings. The molecule has 0 radical (unpaired) electrons. The molecule has 0 aliphatic heterocycles. The summed E-state index contributed by atoms with van der Waals surface area (Å²) in [5, 5.41) is 2.68. The van der Waals surface area contributed by atoms with E-state index in [1.54, 1.807) is 24.2 Å². The molecule has 0 aliphatic carbocycles. The molecule has 6 heteroatoms. The van der Waals surface area contributed by atoms with Crippen LogP contribution in [0.2, 0.25) is 0 Å². The predicted molar refractivity (Wildman–Crippen MR) is 82.3 cm³/mol. The van der Waals surface area contributed by atoms with Crippen LogP contribution in [0.15, 0.2) is 16.6 Å². The maximum Gasteiger partial charge on any atom is 0.331 e. The van der Waals surface area contributed by atoms with E-state index in [9.17, 15) is 4.79 Å². The molecular formula is C13H20N2O2S2. The highest BCUT2D eigenvalue weighted by Crippen LogP contribution is 2.13. The number of ether oxygens (including phenoxy) is 1. The normalized spacial score (nSPS) is 13.7. The zero-order valence-electron chi connectivity index (χ0n) is 11.8. The standard InChI is InChI=1S/C13H20N2O2S2/c1-13(2,3)17-12(16)10(5-7-18-4)15-9-11-14-6-8-19-11/h6,8-10H,5,7H2,1-4H3/b15-9+. The molecule has 0 bridgehead atoms. The van der Waals surface area contributed by atoms with Crippen LogP contribution in [0.5, 0.6) is 0 Å². The van der Waals surface area contributed by atoms with Crippen LogP contribution >= 0.6 is 23.1 Å². The third-order valence-electron chi connectivity index (χ3n) is 2.09. The van der Waals surface area contributed by atoms with E-state index in [0.29, 0.717) is 6.42 Å². The first kappa shape index (κ1) is 16.2. The van der Waals surface area contributed by atoms with Crippen molar-refractivity contribution in [2.24, 2.45) is 4.99 Å². The fourth-order valence-electron chi connectivity index (χ4n) is 1.30. The zero-order chi connectivity index (χ0) is 14.3. The molecule has 0 saturated heterocycles. The zero-order valence-corrected chi connectivity index (χ0v) is 13.4. The Morgan fingerprint density at radius 1 is 1.63 bits per heavy atom. The molecule has 1 rings (SSSR count). The van der Waals surface area contributed by atoms with E-state index < -0.39 is 11.6 Å². The summed E-state index contributed by atoms with van der Waals surface area (Å²) in [5.41, 5.74) is -0.481. The van der Waals surface area contributed by atoms with Crippen LogP contribution in [0.3, 0.4) is 0 Å². The number of hydrogen-bond acceptors (Lipinski definition) is 6. The van der Waals surface area contributed by atoms with Gasteiger partial charge in [-0.05, 0) is 39.2 Å². The number of nitrogens with zero attached hydrogens (tertiary/aromatic N) is 2. The van der Waals surface area contributed by atoms with Crippen molar-refractivity contribution in [1.29, 1.82) is 0 Å². The molecule has 0 aromatic carbocycles. The number of carbonyl (C=O) groups excluding carboxylic acids is 1. The van der Waals surface area contributed by atoms with Crippen molar-refractivity contribution in [3.05, 3.63) is 16.6 Å². The second kappa shape index (κ2) is 7.65. The minimum absolute atomic E-state index is 0.269. The van der Waals surface area contributed by atoms with Crippen molar-refractivity contribution in [3.63, 3.8) is 0 Å². The molecule has 0 spiro atoms. The van der Waals surface area contributed by atoms with Crippen molar-refractivity contribution in [2.45, 2.75) is 38.8 Å². The topological polar surface area (TPSA) is 51.5 Å². The summed E-state index contributed by atoms with van der Waals surface area (Å²) in [7, 11) is 0. The SMILES string of the molecule is CSCCC(/N=C/c1nccs1)C(=O)OC(C)(C)C. The van der Waals surface area contributed by atoms with Crippen LogP contribution in [-0.4, -0.2) is 40.8 Å². The Balaban J connectivity index is 2.68. The van der Waals surface area contributed by atoms with E-state index in [4.69, 9.17) is 4.74 Å². The number of aromatic nitrogens is 1. The first-order valence-electron chi connectivity index (χ1n) is 6.07. The summed E-state index contributed by atoms with van der Waals surface area (Å²) < 4.78 is 5.39. The van der Waals surface area contributed by atoms with Crippen molar-refractivity contribution in [3.8, 4) is 0 Å². The van der Waals surface area contributed by atoms with Crippen LogP contribution in [0.1, 0.15) is 32.2 Å². The first-order chi connectivity index (χ1) is 8.92. The maximum absolute atomic E-state index is 12.1. The molecule has 0 amide bonds. The first-order valence-corrected chi connectivity index (χ1v) is 8.34. The number of thioether (sulfide) groups is 1. The maximum atomic E-state index is 12.1. The van der Waals surface area contributed by atoms with E-state index >= 15 is 0 Å². The lowest BCUT2D eigenvalue weighted by Gasteiger charge is -2.22. The van der Waals surface area contributed by atoms with Gasteiger partial charge in [0.15, 0.2) is 0 Å². The molecule has 1 atom stereocenters. The summed E-state index contributed by atoms with van der Waals surface area (Å²) in [6.45, 7) is 5.59. The molecule has 19 heavy (non-hydrogen) atoms. The largest absolute Gasteiger partial charge is 0.458 e. The van der Waals surface area contributed by atoms with Crippen LogP contribution < -0.4 is 0 Å². The lowest BCUT2D eigenvalue weighted by molar-refractivity contribution is -0.156. The van der Waals surface area contributed by atoms with E-state index in [2.05, 4.69) is 9.98 Å². The Kier molecular flexibility index (Phi) is 6.51. The minimum atomic E-state index is -0.481. The predicted octanol–water partition coefficient (Wildman–Crippen LogP) is 3.03. The fourth-order valence-corrected chi connectivity index (χ4v) is 2.27. The monoisotopic (exact) mass is 300 g/mol. The van der Waals surface area contributed by atoms with Crippen molar-refractivity contribution < 1.29 is 9.53 Å². The number of esters is 1. The molecule has 1 heterocycles. The molecule has 0 aliphatic rings. The van der Waals surface area contributed by atoms with Gasteiger partial charge in [-0.3, -0.25) is 4.99 Å². The summed E-state index contributed by atoms with van der Waals surface area (Å²) in [4.78, 5) is 20.5. The molecule has 1 unspecified atom stereocenters.